The van der Waals surface area contributed by atoms with Crippen LogP contribution in [0.5, 0.6) is 0 Å². The van der Waals surface area contributed by atoms with Gasteiger partial charge in [0.05, 0.1) is 4.92 Å². The molecule has 2 N–H and O–H groups in total. The standard InChI is InChI=1S/C19H16BrN5O4S/c1-11-14(6-3-7-15(11)25(28)29)18(27)22-19-24-23-16(30-19)8-9-21-17(26)12-4-2-5-13(20)10-12/h2-7,10H,8-9H2,1H3,(H,21,26)(H,22,24,27). The lowest BCUT2D eigenvalue weighted by molar-refractivity contribution is -0.385. The molecule has 0 aliphatic heterocycles. The van der Waals surface area contributed by atoms with Gasteiger partial charge in [-0.1, -0.05) is 39.4 Å². The number of hydrogen-bond donors (Lipinski definition) is 2. The van der Waals surface area contributed by atoms with Gasteiger partial charge in [0.15, 0.2) is 0 Å². The van der Waals surface area contributed by atoms with Crippen molar-refractivity contribution >= 4 is 49.9 Å². The number of nitro groups is 1. The number of nitrogens with one attached hydrogen (secondary N) is 2. The van der Waals surface area contributed by atoms with Crippen LogP contribution in [0.2, 0.25) is 0 Å². The van der Waals surface area contributed by atoms with Gasteiger partial charge in [0, 0.05) is 40.2 Å². The Morgan fingerprint density at radius 3 is 2.67 bits per heavy atom. The molecule has 1 aromatic heterocycles. The van der Waals surface area contributed by atoms with E-state index in [2.05, 4.69) is 36.8 Å². The fourth-order valence-corrected chi connectivity index (χ4v) is 3.79. The third-order valence-corrected chi connectivity index (χ3v) is 5.54. The van der Waals surface area contributed by atoms with Gasteiger partial charge in [-0.3, -0.25) is 25.0 Å². The van der Waals surface area contributed by atoms with Crippen LogP contribution in [-0.2, 0) is 6.42 Å². The Kier molecular flexibility index (Phi) is 6.85. The largest absolute Gasteiger partial charge is 0.352 e. The van der Waals surface area contributed by atoms with Crippen LogP contribution in [-0.4, -0.2) is 33.5 Å². The zero-order valence-corrected chi connectivity index (χ0v) is 18.1. The second kappa shape index (κ2) is 9.55. The minimum Gasteiger partial charge on any atom is -0.352 e. The molecule has 154 valence electrons. The topological polar surface area (TPSA) is 127 Å². The molecule has 3 rings (SSSR count). The highest BCUT2D eigenvalue weighted by Crippen LogP contribution is 2.23. The van der Waals surface area contributed by atoms with Crippen molar-refractivity contribution in [3.05, 3.63) is 78.7 Å². The number of rotatable bonds is 7. The van der Waals surface area contributed by atoms with Crippen molar-refractivity contribution in [3.8, 4) is 0 Å². The highest BCUT2D eigenvalue weighted by atomic mass is 79.9. The Morgan fingerprint density at radius 2 is 1.93 bits per heavy atom. The Labute approximate surface area is 183 Å². The van der Waals surface area contributed by atoms with E-state index in [1.165, 1.54) is 36.5 Å². The number of nitro benzene ring substituents is 1. The Bertz CT molecular complexity index is 1120. The first-order valence-electron chi connectivity index (χ1n) is 8.76. The average molecular weight is 490 g/mol. The summed E-state index contributed by atoms with van der Waals surface area (Å²) in [6, 6.07) is 11.4. The predicted molar refractivity (Wildman–Crippen MR) is 116 cm³/mol. The van der Waals surface area contributed by atoms with E-state index >= 15 is 0 Å². The van der Waals surface area contributed by atoms with Crippen molar-refractivity contribution in [2.75, 3.05) is 11.9 Å². The van der Waals surface area contributed by atoms with Gasteiger partial charge in [0.25, 0.3) is 17.5 Å². The van der Waals surface area contributed by atoms with E-state index in [9.17, 15) is 19.7 Å². The number of hydrogen-bond acceptors (Lipinski definition) is 7. The zero-order valence-electron chi connectivity index (χ0n) is 15.7. The highest BCUT2D eigenvalue weighted by molar-refractivity contribution is 9.10. The van der Waals surface area contributed by atoms with Crippen molar-refractivity contribution in [1.82, 2.24) is 15.5 Å². The van der Waals surface area contributed by atoms with Gasteiger partial charge in [-0.25, -0.2) is 0 Å². The molecule has 0 radical (unpaired) electrons. The van der Waals surface area contributed by atoms with Gasteiger partial charge in [-0.2, -0.15) is 0 Å². The number of anilines is 1. The molecule has 0 saturated heterocycles. The minimum absolute atomic E-state index is 0.123. The maximum Gasteiger partial charge on any atom is 0.273 e. The molecule has 2 aromatic carbocycles. The predicted octanol–water partition coefficient (Wildman–Crippen LogP) is 3.74. The first-order valence-corrected chi connectivity index (χ1v) is 10.4. The average Bonchev–Trinajstić information content (AvgIpc) is 3.14. The summed E-state index contributed by atoms with van der Waals surface area (Å²) in [5.41, 5.74) is 0.894. The van der Waals surface area contributed by atoms with Crippen molar-refractivity contribution in [3.63, 3.8) is 0 Å². The van der Waals surface area contributed by atoms with Crippen molar-refractivity contribution in [2.45, 2.75) is 13.3 Å². The van der Waals surface area contributed by atoms with Crippen molar-refractivity contribution in [2.24, 2.45) is 0 Å². The van der Waals surface area contributed by atoms with E-state index in [-0.39, 0.29) is 27.9 Å². The van der Waals surface area contributed by atoms with Gasteiger partial charge in [0.1, 0.15) is 5.01 Å². The van der Waals surface area contributed by atoms with Crippen molar-refractivity contribution < 1.29 is 14.5 Å². The van der Waals surface area contributed by atoms with Crippen LogP contribution in [0, 0.1) is 17.0 Å². The summed E-state index contributed by atoms with van der Waals surface area (Å²) >= 11 is 4.50. The van der Waals surface area contributed by atoms with Gasteiger partial charge in [0.2, 0.25) is 5.13 Å². The van der Waals surface area contributed by atoms with Crippen molar-refractivity contribution in [1.29, 1.82) is 0 Å². The van der Waals surface area contributed by atoms with Gasteiger partial charge in [-0.15, -0.1) is 10.2 Å². The van der Waals surface area contributed by atoms with Crippen LogP contribution in [0.25, 0.3) is 0 Å². The third-order valence-electron chi connectivity index (χ3n) is 4.15. The normalized spacial score (nSPS) is 10.5. The van der Waals surface area contributed by atoms with Gasteiger partial charge in [-0.05, 0) is 31.2 Å². The number of halogens is 1. The van der Waals surface area contributed by atoms with Crippen LogP contribution < -0.4 is 10.6 Å². The Balaban J connectivity index is 1.56. The molecule has 0 aliphatic carbocycles. The lowest BCUT2D eigenvalue weighted by atomic mass is 10.1. The molecule has 0 atom stereocenters. The second-order valence-corrected chi connectivity index (χ2v) is 8.16. The minimum atomic E-state index is -0.530. The molecule has 3 aromatic rings. The quantitative estimate of drug-likeness (QED) is 0.384. The van der Waals surface area contributed by atoms with Gasteiger partial charge < -0.3 is 5.32 Å². The highest BCUT2D eigenvalue weighted by Gasteiger charge is 2.19. The summed E-state index contributed by atoms with van der Waals surface area (Å²) in [6.07, 6.45) is 0.448. The van der Waals surface area contributed by atoms with Crippen LogP contribution in [0.3, 0.4) is 0 Å². The number of benzene rings is 2. The third kappa shape index (κ3) is 5.24. The number of carbonyl (C=O) groups is 2. The van der Waals surface area contributed by atoms with E-state index < -0.39 is 10.8 Å². The fraction of sp³-hybridized carbons (Fsp3) is 0.158. The molecule has 1 heterocycles. The van der Waals surface area contributed by atoms with E-state index in [0.717, 1.165) is 4.47 Å². The monoisotopic (exact) mass is 489 g/mol. The summed E-state index contributed by atoms with van der Waals surface area (Å²) in [5, 5.41) is 25.3. The molecule has 11 heteroatoms. The molecular weight excluding hydrogens is 474 g/mol. The van der Waals surface area contributed by atoms with Crippen LogP contribution in [0.15, 0.2) is 46.9 Å². The maximum atomic E-state index is 12.5. The molecule has 0 aliphatic rings. The number of carbonyl (C=O) groups excluding carboxylic acids is 2. The SMILES string of the molecule is Cc1c(C(=O)Nc2nnc(CCNC(=O)c3cccc(Br)c3)s2)cccc1[N+](=O)[O-]. The first-order chi connectivity index (χ1) is 14.3. The summed E-state index contributed by atoms with van der Waals surface area (Å²) < 4.78 is 0.818. The van der Waals surface area contributed by atoms with Crippen LogP contribution in [0.4, 0.5) is 10.8 Å². The molecule has 9 nitrogen and oxygen atoms in total. The van der Waals surface area contributed by atoms with E-state index in [1.807, 2.05) is 6.07 Å². The number of amides is 2. The summed E-state index contributed by atoms with van der Waals surface area (Å²) in [4.78, 5) is 35.1. The Hall–Kier alpha value is -3.18. The molecule has 0 spiro atoms. The molecule has 0 bridgehead atoms. The molecule has 2 amide bonds. The number of nitrogens with zero attached hydrogens (tertiary/aromatic N) is 3. The van der Waals surface area contributed by atoms with Crippen LogP contribution >= 0.6 is 27.3 Å². The summed E-state index contributed by atoms with van der Waals surface area (Å²) in [6.45, 7) is 1.88. The van der Waals surface area contributed by atoms with E-state index in [0.29, 0.717) is 23.5 Å². The molecule has 0 saturated carbocycles. The first kappa shape index (κ1) is 21.5. The fourth-order valence-electron chi connectivity index (χ4n) is 2.65. The van der Waals surface area contributed by atoms with Crippen LogP contribution in [0.1, 0.15) is 31.3 Å². The molecule has 30 heavy (non-hydrogen) atoms. The van der Waals surface area contributed by atoms with E-state index in [1.54, 1.807) is 18.2 Å². The molecule has 0 fully saturated rings. The van der Waals surface area contributed by atoms with Gasteiger partial charge >= 0.3 is 0 Å². The lowest BCUT2D eigenvalue weighted by Gasteiger charge is -2.05. The lowest BCUT2D eigenvalue weighted by Crippen LogP contribution is -2.25. The maximum absolute atomic E-state index is 12.5. The molecular formula is C19H16BrN5O4S. The zero-order chi connectivity index (χ0) is 21.7. The van der Waals surface area contributed by atoms with E-state index in [4.69, 9.17) is 0 Å². The summed E-state index contributed by atoms with van der Waals surface area (Å²) in [5.74, 6) is -0.697. The summed E-state index contributed by atoms with van der Waals surface area (Å²) in [7, 11) is 0. The number of aromatic nitrogens is 2. The smallest absolute Gasteiger partial charge is 0.273 e. The molecule has 0 unspecified atom stereocenters. The Morgan fingerprint density at radius 1 is 1.17 bits per heavy atom. The second-order valence-electron chi connectivity index (χ2n) is 6.18.